The number of nitrogens with zero attached hydrogens (tertiary/aromatic N) is 1. The molecule has 0 aliphatic carbocycles. The number of carboxylic acids is 1. The van der Waals surface area contributed by atoms with E-state index in [-0.39, 0.29) is 31.2 Å². The molecule has 2 aromatic rings. The zero-order valence-corrected chi connectivity index (χ0v) is 23.5. The molecule has 0 radical (unpaired) electrons. The van der Waals surface area contributed by atoms with Crippen molar-refractivity contribution in [2.24, 2.45) is 17.1 Å². The third-order valence-electron chi connectivity index (χ3n) is 6.52. The second-order valence-corrected chi connectivity index (χ2v) is 12.5. The fourth-order valence-corrected chi connectivity index (χ4v) is 5.69. The molecular formula is C28H39N3O6S. The van der Waals surface area contributed by atoms with Crippen molar-refractivity contribution in [3.8, 4) is 5.75 Å². The van der Waals surface area contributed by atoms with Gasteiger partial charge in [0.15, 0.2) is 0 Å². The Balaban J connectivity index is 1.90. The number of rotatable bonds is 11. The minimum atomic E-state index is -3.79. The van der Waals surface area contributed by atoms with E-state index in [9.17, 15) is 18.3 Å². The molecule has 1 aliphatic rings. The third-order valence-corrected chi connectivity index (χ3v) is 8.41. The zero-order valence-electron chi connectivity index (χ0n) is 22.7. The summed E-state index contributed by atoms with van der Waals surface area (Å²) in [7, 11) is -3.79. The molecule has 0 bridgehead atoms. The molecule has 2 aromatic carbocycles. The van der Waals surface area contributed by atoms with Gasteiger partial charge in [-0.15, -0.1) is 0 Å². The number of aliphatic carboxylic acids is 1. The van der Waals surface area contributed by atoms with Gasteiger partial charge >= 0.3 is 5.97 Å². The van der Waals surface area contributed by atoms with Gasteiger partial charge in [0.2, 0.25) is 10.0 Å². The van der Waals surface area contributed by atoms with Crippen LogP contribution in [0, 0.1) is 18.3 Å². The molecule has 0 aromatic heterocycles. The van der Waals surface area contributed by atoms with E-state index >= 15 is 0 Å². The summed E-state index contributed by atoms with van der Waals surface area (Å²) in [6.07, 6.45) is 0.844. The lowest BCUT2D eigenvalue weighted by Gasteiger charge is -2.31. The molecule has 0 spiro atoms. The number of hydrogen-bond donors (Lipinski definition) is 3. The van der Waals surface area contributed by atoms with Crippen LogP contribution in [0.15, 0.2) is 59.3 Å². The topological polar surface area (TPSA) is 131 Å². The number of aryl methyl sites for hydroxylation is 1. The summed E-state index contributed by atoms with van der Waals surface area (Å²) in [5, 5.41) is 13.1. The van der Waals surface area contributed by atoms with Crippen LogP contribution in [-0.2, 0) is 26.1 Å². The third kappa shape index (κ3) is 6.86. The fourth-order valence-electron chi connectivity index (χ4n) is 4.16. The smallest absolute Gasteiger partial charge is 0.312 e. The predicted octanol–water partition coefficient (Wildman–Crippen LogP) is 3.79. The number of fused-ring (bicyclic) bond motifs is 1. The molecule has 9 nitrogen and oxygen atoms in total. The summed E-state index contributed by atoms with van der Waals surface area (Å²) in [4.78, 5) is 12.3. The van der Waals surface area contributed by atoms with Gasteiger partial charge < -0.3 is 25.6 Å². The zero-order chi connectivity index (χ0) is 28.1. The molecule has 1 heterocycles. The molecule has 1 atom stereocenters. The van der Waals surface area contributed by atoms with Crippen LogP contribution in [-0.4, -0.2) is 50.1 Å². The molecule has 0 amide bonds. The van der Waals surface area contributed by atoms with Crippen LogP contribution >= 0.6 is 0 Å². The number of ether oxygens (including phenoxy) is 2. The Morgan fingerprint density at radius 3 is 2.66 bits per heavy atom. The summed E-state index contributed by atoms with van der Waals surface area (Å²) in [6.45, 7) is 10.6. The van der Waals surface area contributed by atoms with Crippen LogP contribution in [0.2, 0.25) is 0 Å². The monoisotopic (exact) mass is 545 g/mol. The average molecular weight is 546 g/mol. The number of sulfonamides is 1. The van der Waals surface area contributed by atoms with Crippen molar-refractivity contribution in [3.05, 3.63) is 71.1 Å². The van der Waals surface area contributed by atoms with Gasteiger partial charge in [-0.3, -0.25) is 4.79 Å². The summed E-state index contributed by atoms with van der Waals surface area (Å²) >= 11 is 0. The average Bonchev–Trinajstić information content (AvgIpc) is 2.96. The van der Waals surface area contributed by atoms with Gasteiger partial charge in [0, 0.05) is 25.8 Å². The quantitative estimate of drug-likeness (QED) is 0.389. The molecule has 0 saturated carbocycles. The van der Waals surface area contributed by atoms with Gasteiger partial charge in [-0.05, 0) is 55.5 Å². The van der Waals surface area contributed by atoms with Crippen molar-refractivity contribution >= 4 is 16.0 Å². The van der Waals surface area contributed by atoms with Crippen molar-refractivity contribution in [2.45, 2.75) is 52.2 Å². The van der Waals surface area contributed by atoms with Gasteiger partial charge in [0.1, 0.15) is 17.3 Å². The largest absolute Gasteiger partial charge is 0.491 e. The highest BCUT2D eigenvalue weighted by molar-refractivity contribution is 7.89. The van der Waals surface area contributed by atoms with Crippen LogP contribution < -0.4 is 15.8 Å². The van der Waals surface area contributed by atoms with E-state index in [1.165, 1.54) is 4.31 Å². The van der Waals surface area contributed by atoms with E-state index in [2.05, 4.69) is 19.2 Å². The standard InChI is InChI=1S/C28H39N3O6S/c1-19(2)15-30-16-23(29)18-37-26(28(4,5)27(32)33)21-11-10-20(3)22(14-21)17-31-12-13-36-24-8-6-7-9-25(24)38(31,34)35/h6-11,14,16,19,26,30H,12-13,15,17-18,29H2,1-5H3,(H,32,33)/b23-16-/t26-/m0/s1. The molecule has 1 aliphatic heterocycles. The lowest BCUT2D eigenvalue weighted by molar-refractivity contribution is -0.156. The minimum Gasteiger partial charge on any atom is -0.491 e. The molecule has 38 heavy (non-hydrogen) atoms. The molecule has 4 N–H and O–H groups in total. The fraction of sp³-hybridized carbons (Fsp3) is 0.464. The van der Waals surface area contributed by atoms with Crippen LogP contribution in [0.4, 0.5) is 0 Å². The maximum atomic E-state index is 13.4. The number of nitrogens with two attached hydrogens (primary N) is 1. The maximum absolute atomic E-state index is 13.4. The Bertz CT molecular complexity index is 1270. The molecule has 0 fully saturated rings. The molecule has 0 saturated heterocycles. The first kappa shape index (κ1) is 29.5. The first-order chi connectivity index (χ1) is 17.8. The number of para-hydroxylation sites is 1. The molecule has 3 rings (SSSR count). The number of carboxylic acid groups (broad SMARTS) is 1. The Hall–Kier alpha value is -3.08. The van der Waals surface area contributed by atoms with Crippen molar-refractivity contribution in [1.82, 2.24) is 9.62 Å². The van der Waals surface area contributed by atoms with Gasteiger partial charge in [-0.1, -0.05) is 44.2 Å². The Morgan fingerprint density at radius 1 is 1.26 bits per heavy atom. The van der Waals surface area contributed by atoms with Gasteiger partial charge in [0.25, 0.3) is 0 Å². The normalized spacial score (nSPS) is 16.8. The van der Waals surface area contributed by atoms with E-state index < -0.39 is 27.5 Å². The van der Waals surface area contributed by atoms with Crippen molar-refractivity contribution in [1.29, 1.82) is 0 Å². The summed E-state index contributed by atoms with van der Waals surface area (Å²) in [5.41, 5.74) is 7.54. The highest BCUT2D eigenvalue weighted by Crippen LogP contribution is 2.38. The molecule has 10 heteroatoms. The maximum Gasteiger partial charge on any atom is 0.312 e. The van der Waals surface area contributed by atoms with E-state index in [1.807, 2.05) is 25.1 Å². The SMILES string of the molecule is Cc1ccc([C@H](OC/C(N)=C/NCC(C)C)C(C)(C)C(=O)O)cc1CN1CCOc2ccccc2S1(=O)=O. The molecule has 0 unspecified atom stereocenters. The summed E-state index contributed by atoms with van der Waals surface area (Å²) in [6, 6.07) is 12.1. The van der Waals surface area contributed by atoms with Crippen molar-refractivity contribution in [2.75, 3.05) is 26.3 Å². The lowest BCUT2D eigenvalue weighted by atomic mass is 9.81. The Morgan fingerprint density at radius 2 is 1.97 bits per heavy atom. The van der Waals surface area contributed by atoms with Crippen LogP contribution in [0.5, 0.6) is 5.75 Å². The van der Waals surface area contributed by atoms with Gasteiger partial charge in [-0.25, -0.2) is 8.42 Å². The van der Waals surface area contributed by atoms with Gasteiger partial charge in [0.05, 0.1) is 23.8 Å². The van der Waals surface area contributed by atoms with E-state index in [4.69, 9.17) is 15.2 Å². The highest BCUT2D eigenvalue weighted by Gasteiger charge is 2.39. The Kier molecular flexibility index (Phi) is 9.45. The second-order valence-electron chi connectivity index (χ2n) is 10.6. The van der Waals surface area contributed by atoms with E-state index in [0.717, 1.165) is 17.7 Å². The van der Waals surface area contributed by atoms with Crippen molar-refractivity contribution < 1.29 is 27.8 Å². The first-order valence-electron chi connectivity index (χ1n) is 12.7. The summed E-state index contributed by atoms with van der Waals surface area (Å²) < 4.78 is 40.0. The molecular weight excluding hydrogens is 506 g/mol. The van der Waals surface area contributed by atoms with Crippen molar-refractivity contribution in [3.63, 3.8) is 0 Å². The number of hydrogen-bond acceptors (Lipinski definition) is 7. The number of carbonyl (C=O) groups is 1. The minimum absolute atomic E-state index is 0.0321. The first-order valence-corrected chi connectivity index (χ1v) is 14.1. The van der Waals surface area contributed by atoms with Crippen LogP contribution in [0.25, 0.3) is 0 Å². The van der Waals surface area contributed by atoms with Crippen LogP contribution in [0.3, 0.4) is 0 Å². The second kappa shape index (κ2) is 12.2. The number of benzene rings is 2. The predicted molar refractivity (Wildman–Crippen MR) is 146 cm³/mol. The molecule has 208 valence electrons. The highest BCUT2D eigenvalue weighted by atomic mass is 32.2. The van der Waals surface area contributed by atoms with E-state index in [1.54, 1.807) is 44.3 Å². The Labute approximate surface area is 225 Å². The van der Waals surface area contributed by atoms with E-state index in [0.29, 0.717) is 22.9 Å². The lowest BCUT2D eigenvalue weighted by Crippen LogP contribution is -2.34. The van der Waals surface area contributed by atoms with Gasteiger partial charge in [-0.2, -0.15) is 4.31 Å². The number of nitrogens with one attached hydrogen (secondary N) is 1. The summed E-state index contributed by atoms with van der Waals surface area (Å²) in [5.74, 6) is -0.239. The van der Waals surface area contributed by atoms with Crippen LogP contribution in [0.1, 0.15) is 50.5 Å².